The zero-order chi connectivity index (χ0) is 10.8. The number of hydrogen-bond acceptors (Lipinski definition) is 1. The van der Waals surface area contributed by atoms with E-state index in [4.69, 9.17) is 11.6 Å². The molecule has 0 aliphatic rings. The van der Waals surface area contributed by atoms with E-state index < -0.39 is 0 Å². The lowest BCUT2D eigenvalue weighted by Gasteiger charge is -2.03. The molecule has 0 saturated carbocycles. The maximum atomic E-state index is 11.5. The summed E-state index contributed by atoms with van der Waals surface area (Å²) in [5.74, 6) is -0.0559. The molecule has 0 bridgehead atoms. The van der Waals surface area contributed by atoms with Gasteiger partial charge in [-0.25, -0.2) is 0 Å². The van der Waals surface area contributed by atoms with E-state index in [1.54, 1.807) is 24.3 Å². The molecule has 2 aromatic carbocycles. The largest absolute Gasteiger partial charge is 0.508 e. The summed E-state index contributed by atoms with van der Waals surface area (Å²) >= 11 is 5.82. The van der Waals surface area contributed by atoms with Gasteiger partial charge in [0.1, 0.15) is 5.75 Å². The van der Waals surface area contributed by atoms with Crippen LogP contribution < -0.4 is 0 Å². The van der Waals surface area contributed by atoms with Crippen LogP contribution in [0.15, 0.2) is 42.5 Å². The van der Waals surface area contributed by atoms with E-state index in [2.05, 4.69) is 0 Å². The van der Waals surface area contributed by atoms with Crippen LogP contribution in [0, 0.1) is 0 Å². The molecule has 0 atom stereocenters. The molecule has 0 fully saturated rings. The Morgan fingerprint density at radius 1 is 1.07 bits per heavy atom. The maximum Gasteiger partial charge on any atom is 0.186 e. The molecule has 2 rings (SSSR count). The zero-order valence-electron chi connectivity index (χ0n) is 7.77. The van der Waals surface area contributed by atoms with E-state index in [0.717, 1.165) is 0 Å². The van der Waals surface area contributed by atoms with Gasteiger partial charge in [0.25, 0.3) is 0 Å². The predicted molar refractivity (Wildman–Crippen MR) is 58.7 cm³/mol. The molecular weight excluding hydrogens is 212 g/mol. The number of phenols is 1. The van der Waals surface area contributed by atoms with E-state index >= 15 is 0 Å². The van der Waals surface area contributed by atoms with E-state index in [-0.39, 0.29) is 11.5 Å². The van der Waals surface area contributed by atoms with Crippen molar-refractivity contribution >= 4 is 11.6 Å². The fourth-order valence-corrected chi connectivity index (χ4v) is 1.59. The van der Waals surface area contributed by atoms with Crippen LogP contribution >= 0.6 is 11.6 Å². The second-order valence-electron chi connectivity index (χ2n) is 3.19. The third kappa shape index (κ3) is 2.05. The molecule has 0 spiro atoms. The first-order valence-corrected chi connectivity index (χ1v) is 4.80. The smallest absolute Gasteiger partial charge is 0.186 e. The fraction of sp³-hybridized carbons (Fsp3) is 0. The van der Waals surface area contributed by atoms with Crippen molar-refractivity contribution in [2.75, 3.05) is 0 Å². The molecule has 2 aromatic rings. The van der Waals surface area contributed by atoms with Crippen molar-refractivity contribution in [2.45, 2.75) is 0 Å². The molecule has 0 aromatic heterocycles. The molecule has 0 unspecified atom stereocenters. The fourth-order valence-electron chi connectivity index (χ4n) is 1.40. The third-order valence-electron chi connectivity index (χ3n) is 2.10. The molecule has 2 nitrogen and oxygen atoms in total. The van der Waals surface area contributed by atoms with Crippen LogP contribution in [0.5, 0.6) is 11.5 Å². The number of halogens is 1. The van der Waals surface area contributed by atoms with Crippen LogP contribution in [0.25, 0.3) is 11.1 Å². The summed E-state index contributed by atoms with van der Waals surface area (Å²) in [6.45, 7) is 0. The lowest BCUT2D eigenvalue weighted by atomic mass is 10.0. The van der Waals surface area contributed by atoms with Crippen LogP contribution in [0.3, 0.4) is 0 Å². The molecule has 15 heavy (non-hydrogen) atoms. The molecule has 0 aliphatic carbocycles. The number of hydrogen-bond donors (Lipinski definition) is 1. The van der Waals surface area contributed by atoms with Crippen molar-refractivity contribution < 1.29 is 10.2 Å². The van der Waals surface area contributed by atoms with Crippen molar-refractivity contribution in [1.82, 2.24) is 0 Å². The Balaban J connectivity index is 2.58. The summed E-state index contributed by atoms with van der Waals surface area (Å²) in [4.78, 5) is 0. The van der Waals surface area contributed by atoms with E-state index in [0.29, 0.717) is 16.1 Å². The van der Waals surface area contributed by atoms with Gasteiger partial charge in [0.15, 0.2) is 5.75 Å². The van der Waals surface area contributed by atoms with E-state index in [1.807, 2.05) is 0 Å². The van der Waals surface area contributed by atoms with Gasteiger partial charge in [0, 0.05) is 10.6 Å². The average Bonchev–Trinajstić information content (AvgIpc) is 2.22. The molecule has 1 N–H and O–H groups in total. The molecular formula is C12H8ClO2. The second-order valence-corrected chi connectivity index (χ2v) is 3.63. The minimum Gasteiger partial charge on any atom is -0.508 e. The van der Waals surface area contributed by atoms with Crippen LogP contribution in [-0.4, -0.2) is 5.11 Å². The highest BCUT2D eigenvalue weighted by Crippen LogP contribution is 2.33. The Morgan fingerprint density at radius 2 is 1.87 bits per heavy atom. The number of aromatic hydroxyl groups is 1. The highest BCUT2D eigenvalue weighted by Gasteiger charge is 2.07. The molecule has 3 heteroatoms. The molecule has 0 aliphatic heterocycles. The normalized spacial score (nSPS) is 10.2. The van der Waals surface area contributed by atoms with Crippen LogP contribution in [0.4, 0.5) is 0 Å². The second kappa shape index (κ2) is 3.83. The highest BCUT2D eigenvalue weighted by atomic mass is 35.5. The number of benzene rings is 2. The first-order valence-electron chi connectivity index (χ1n) is 4.43. The Morgan fingerprint density at radius 3 is 2.60 bits per heavy atom. The van der Waals surface area contributed by atoms with Crippen molar-refractivity contribution in [3.8, 4) is 22.6 Å². The van der Waals surface area contributed by atoms with Crippen molar-refractivity contribution in [3.63, 3.8) is 0 Å². The predicted octanol–water partition coefficient (Wildman–Crippen LogP) is 3.86. The summed E-state index contributed by atoms with van der Waals surface area (Å²) in [6.07, 6.45) is 0. The Hall–Kier alpha value is -1.67. The van der Waals surface area contributed by atoms with Gasteiger partial charge in [0.05, 0.1) is 0 Å². The quantitative estimate of drug-likeness (QED) is 0.777. The van der Waals surface area contributed by atoms with Crippen LogP contribution in [0.2, 0.25) is 5.02 Å². The van der Waals surface area contributed by atoms with Crippen molar-refractivity contribution in [1.29, 1.82) is 0 Å². The van der Waals surface area contributed by atoms with Gasteiger partial charge in [-0.3, -0.25) is 5.11 Å². The lowest BCUT2D eigenvalue weighted by molar-refractivity contribution is 0.355. The standard InChI is InChI=1S/C12H8ClO2/c13-9-3-1-2-8(6-9)11-7-10(14)4-5-12(11)15/h1-7,14H. The summed E-state index contributed by atoms with van der Waals surface area (Å²) < 4.78 is 0. The van der Waals surface area contributed by atoms with E-state index in [9.17, 15) is 10.2 Å². The molecule has 1 radical (unpaired) electrons. The topological polar surface area (TPSA) is 40.1 Å². The van der Waals surface area contributed by atoms with Gasteiger partial charge in [0.2, 0.25) is 0 Å². The minimum absolute atomic E-state index is 0.0737. The van der Waals surface area contributed by atoms with Crippen molar-refractivity contribution in [3.05, 3.63) is 47.5 Å². The monoisotopic (exact) mass is 219 g/mol. The van der Waals surface area contributed by atoms with Gasteiger partial charge in [-0.2, -0.15) is 0 Å². The van der Waals surface area contributed by atoms with Gasteiger partial charge < -0.3 is 5.11 Å². The highest BCUT2D eigenvalue weighted by molar-refractivity contribution is 6.30. The summed E-state index contributed by atoms with van der Waals surface area (Å²) in [6, 6.07) is 11.1. The maximum absolute atomic E-state index is 11.5. The summed E-state index contributed by atoms with van der Waals surface area (Å²) in [5, 5.41) is 21.4. The van der Waals surface area contributed by atoms with Gasteiger partial charge in [-0.1, -0.05) is 23.7 Å². The van der Waals surface area contributed by atoms with Gasteiger partial charge >= 0.3 is 0 Å². The lowest BCUT2D eigenvalue weighted by Crippen LogP contribution is -1.78. The molecule has 75 valence electrons. The Labute approximate surface area is 92.4 Å². The third-order valence-corrected chi connectivity index (χ3v) is 2.33. The van der Waals surface area contributed by atoms with E-state index in [1.165, 1.54) is 18.2 Å². The minimum atomic E-state index is -0.130. The number of rotatable bonds is 1. The summed E-state index contributed by atoms with van der Waals surface area (Å²) in [5.41, 5.74) is 1.17. The zero-order valence-corrected chi connectivity index (χ0v) is 8.53. The summed E-state index contributed by atoms with van der Waals surface area (Å²) in [7, 11) is 0. The SMILES string of the molecule is [O]c1ccc(O)cc1-c1cccc(Cl)c1. The van der Waals surface area contributed by atoms with Gasteiger partial charge in [-0.05, 0) is 35.9 Å². The molecule has 0 amide bonds. The first-order chi connectivity index (χ1) is 7.16. The Kier molecular flexibility index (Phi) is 2.52. The average molecular weight is 220 g/mol. The number of phenolic OH excluding ortho intramolecular Hbond substituents is 1. The molecule has 0 saturated heterocycles. The van der Waals surface area contributed by atoms with Crippen LogP contribution in [0.1, 0.15) is 0 Å². The van der Waals surface area contributed by atoms with Crippen molar-refractivity contribution in [2.24, 2.45) is 0 Å². The molecule has 0 heterocycles. The first kappa shape index (κ1) is 9.87. The van der Waals surface area contributed by atoms with Crippen LogP contribution in [-0.2, 0) is 5.11 Å². The Bertz CT molecular complexity index is 495. The van der Waals surface area contributed by atoms with Gasteiger partial charge in [-0.15, -0.1) is 0 Å².